The monoisotopic (exact) mass is 589 g/mol. The number of hydrogen-bond acceptors (Lipinski definition) is 10. The van der Waals surface area contributed by atoms with Gasteiger partial charge in [-0.25, -0.2) is 14.6 Å². The van der Waals surface area contributed by atoms with Gasteiger partial charge in [-0.15, -0.1) is 0 Å². The third-order valence-corrected chi connectivity index (χ3v) is 8.21. The average molecular weight is 590 g/mol. The van der Waals surface area contributed by atoms with Gasteiger partial charge in [0.2, 0.25) is 11.8 Å². The van der Waals surface area contributed by atoms with E-state index < -0.39 is 5.92 Å². The van der Waals surface area contributed by atoms with Crippen LogP contribution < -0.4 is 15.8 Å². The highest BCUT2D eigenvalue weighted by molar-refractivity contribution is 6.00. The van der Waals surface area contributed by atoms with Crippen LogP contribution in [0.25, 0.3) is 22.3 Å². The Morgan fingerprint density at radius 3 is 2.48 bits per heavy atom. The maximum Gasteiger partial charge on any atom is 0.235 e. The van der Waals surface area contributed by atoms with Crippen molar-refractivity contribution in [3.05, 3.63) is 84.7 Å². The Morgan fingerprint density at radius 2 is 1.70 bits per heavy atom. The van der Waals surface area contributed by atoms with Crippen molar-refractivity contribution < 1.29 is 14.3 Å². The number of nitrogen functional groups attached to an aromatic ring is 1. The number of aromatic nitrogens is 6. The molecule has 5 aromatic rings. The van der Waals surface area contributed by atoms with E-state index in [1.54, 1.807) is 12.4 Å². The van der Waals surface area contributed by atoms with Crippen LogP contribution in [0.2, 0.25) is 0 Å². The molecule has 1 atom stereocenters. The molecule has 2 aromatic carbocycles. The number of para-hydroxylation sites is 1. The molecule has 2 aliphatic rings. The standard InChI is InChI=1S/C32H31N9O3/c33-30-28-29(20-6-8-24(9-7-20)44-23-4-2-1-3-5-23)39-41(31(28)36-19-35-30)22-12-14-40(15-13-22)18-21-16-34-17-26(37-21)25-10-11-27(42)38-32(25)43/h1-9,16-17,19,22,25H,10-15,18H2,(H2,33,35,36)(H,38,42,43). The number of nitrogens with two attached hydrogens (primary N) is 1. The summed E-state index contributed by atoms with van der Waals surface area (Å²) in [6, 6.07) is 17.6. The molecule has 0 saturated carbocycles. The first kappa shape index (κ1) is 27.6. The molecule has 222 valence electrons. The summed E-state index contributed by atoms with van der Waals surface area (Å²) < 4.78 is 7.96. The van der Waals surface area contributed by atoms with Crippen molar-refractivity contribution in [2.75, 3.05) is 18.8 Å². The number of ether oxygens (including phenoxy) is 1. The van der Waals surface area contributed by atoms with Crippen LogP contribution >= 0.6 is 0 Å². The summed E-state index contributed by atoms with van der Waals surface area (Å²) in [7, 11) is 0. The first-order valence-corrected chi connectivity index (χ1v) is 14.7. The maximum atomic E-state index is 12.3. The van der Waals surface area contributed by atoms with E-state index in [-0.39, 0.29) is 17.9 Å². The molecular formula is C32H31N9O3. The summed E-state index contributed by atoms with van der Waals surface area (Å²) in [6.45, 7) is 2.29. The SMILES string of the molecule is Nc1ncnc2c1c(-c1ccc(Oc3ccccc3)cc1)nn2C1CCN(Cc2cncc(C3CCC(=O)NC3=O)n2)CC1. The molecule has 5 heterocycles. The molecule has 2 saturated heterocycles. The molecule has 2 fully saturated rings. The molecule has 3 N–H and O–H groups in total. The molecule has 0 bridgehead atoms. The van der Waals surface area contributed by atoms with Gasteiger partial charge in [0.05, 0.1) is 28.7 Å². The number of nitrogens with one attached hydrogen (secondary N) is 1. The van der Waals surface area contributed by atoms with Crippen molar-refractivity contribution >= 4 is 28.7 Å². The van der Waals surface area contributed by atoms with E-state index >= 15 is 0 Å². The molecule has 7 rings (SSSR count). The lowest BCUT2D eigenvalue weighted by molar-refractivity contribution is -0.134. The molecule has 12 heteroatoms. The Bertz CT molecular complexity index is 1820. The number of fused-ring (bicyclic) bond motifs is 1. The topological polar surface area (TPSA) is 154 Å². The minimum Gasteiger partial charge on any atom is -0.457 e. The lowest BCUT2D eigenvalue weighted by atomic mass is 9.95. The van der Waals surface area contributed by atoms with Gasteiger partial charge in [-0.3, -0.25) is 29.8 Å². The largest absolute Gasteiger partial charge is 0.457 e. The second-order valence-corrected chi connectivity index (χ2v) is 11.1. The van der Waals surface area contributed by atoms with Gasteiger partial charge < -0.3 is 10.5 Å². The van der Waals surface area contributed by atoms with Crippen molar-refractivity contribution in [2.24, 2.45) is 0 Å². The fraction of sp³-hybridized carbons (Fsp3) is 0.281. The van der Waals surface area contributed by atoms with E-state index in [1.807, 2.05) is 59.3 Å². The van der Waals surface area contributed by atoms with Crippen molar-refractivity contribution in [1.29, 1.82) is 0 Å². The van der Waals surface area contributed by atoms with Crippen molar-refractivity contribution in [3.8, 4) is 22.8 Å². The maximum absolute atomic E-state index is 12.3. The van der Waals surface area contributed by atoms with Crippen LogP contribution in [0.1, 0.15) is 49.0 Å². The van der Waals surface area contributed by atoms with Crippen LogP contribution in [-0.2, 0) is 16.1 Å². The third kappa shape index (κ3) is 5.59. The minimum atomic E-state index is -0.449. The number of imide groups is 1. The number of carbonyl (C=O) groups is 2. The van der Waals surface area contributed by atoms with Crippen molar-refractivity contribution in [2.45, 2.75) is 44.2 Å². The minimum absolute atomic E-state index is 0.137. The van der Waals surface area contributed by atoms with Gasteiger partial charge in [0.1, 0.15) is 29.3 Å². The molecule has 0 radical (unpaired) electrons. The van der Waals surface area contributed by atoms with Gasteiger partial charge in [0, 0.05) is 44.0 Å². The quantitative estimate of drug-likeness (QED) is 0.266. The van der Waals surface area contributed by atoms with Gasteiger partial charge in [-0.1, -0.05) is 18.2 Å². The molecule has 1 unspecified atom stereocenters. The Morgan fingerprint density at radius 1 is 0.932 bits per heavy atom. The highest BCUT2D eigenvalue weighted by atomic mass is 16.5. The van der Waals surface area contributed by atoms with Crippen LogP contribution in [0, 0.1) is 0 Å². The predicted molar refractivity (Wildman–Crippen MR) is 162 cm³/mol. The summed E-state index contributed by atoms with van der Waals surface area (Å²) in [5.41, 5.74) is 10.1. The summed E-state index contributed by atoms with van der Waals surface area (Å²) >= 11 is 0. The van der Waals surface area contributed by atoms with E-state index in [2.05, 4.69) is 25.2 Å². The number of hydrogen-bond donors (Lipinski definition) is 2. The second kappa shape index (κ2) is 11.8. The number of benzene rings is 2. The Kier molecular flexibility index (Phi) is 7.40. The lowest BCUT2D eigenvalue weighted by Gasteiger charge is -2.32. The van der Waals surface area contributed by atoms with Gasteiger partial charge >= 0.3 is 0 Å². The number of carbonyl (C=O) groups excluding carboxylic acids is 2. The fourth-order valence-corrected chi connectivity index (χ4v) is 5.95. The van der Waals surface area contributed by atoms with Crippen LogP contribution in [-0.4, -0.2) is 59.5 Å². The third-order valence-electron chi connectivity index (χ3n) is 8.21. The normalized spacial score (nSPS) is 18.0. The summed E-state index contributed by atoms with van der Waals surface area (Å²) in [5, 5.41) is 8.18. The smallest absolute Gasteiger partial charge is 0.235 e. The Balaban J connectivity index is 1.06. The van der Waals surface area contributed by atoms with Crippen LogP contribution in [0.15, 0.2) is 73.3 Å². The van der Waals surface area contributed by atoms with Gasteiger partial charge in [-0.05, 0) is 55.7 Å². The second-order valence-electron chi connectivity index (χ2n) is 11.1. The molecule has 12 nitrogen and oxygen atoms in total. The molecular weight excluding hydrogens is 558 g/mol. The number of rotatable bonds is 7. The molecule has 0 spiro atoms. The number of amides is 2. The zero-order chi connectivity index (χ0) is 30.0. The first-order valence-electron chi connectivity index (χ1n) is 14.7. The van der Waals surface area contributed by atoms with Crippen LogP contribution in [0.4, 0.5) is 5.82 Å². The molecule has 2 amide bonds. The Hall–Kier alpha value is -5.23. The van der Waals surface area contributed by atoms with Gasteiger partial charge in [0.15, 0.2) is 5.65 Å². The molecule has 3 aromatic heterocycles. The first-order chi connectivity index (χ1) is 21.5. The zero-order valence-electron chi connectivity index (χ0n) is 24.0. The number of nitrogens with zero attached hydrogens (tertiary/aromatic N) is 7. The summed E-state index contributed by atoms with van der Waals surface area (Å²) in [6.07, 6.45) is 7.34. The molecule has 44 heavy (non-hydrogen) atoms. The van der Waals surface area contributed by atoms with E-state index in [0.29, 0.717) is 30.9 Å². The number of likely N-dealkylation sites (tertiary alicyclic amines) is 1. The van der Waals surface area contributed by atoms with E-state index in [9.17, 15) is 9.59 Å². The zero-order valence-corrected chi connectivity index (χ0v) is 24.0. The van der Waals surface area contributed by atoms with E-state index in [1.165, 1.54) is 6.33 Å². The number of piperidine rings is 2. The van der Waals surface area contributed by atoms with E-state index in [4.69, 9.17) is 20.6 Å². The van der Waals surface area contributed by atoms with Crippen LogP contribution in [0.3, 0.4) is 0 Å². The van der Waals surface area contributed by atoms with Gasteiger partial charge in [0.25, 0.3) is 0 Å². The van der Waals surface area contributed by atoms with E-state index in [0.717, 1.165) is 65.4 Å². The highest BCUT2D eigenvalue weighted by Crippen LogP contribution is 2.35. The Labute approximate surface area is 253 Å². The fourth-order valence-electron chi connectivity index (χ4n) is 5.95. The highest BCUT2D eigenvalue weighted by Gasteiger charge is 2.30. The summed E-state index contributed by atoms with van der Waals surface area (Å²) in [5.74, 6) is 0.902. The molecule has 0 aliphatic carbocycles. The summed E-state index contributed by atoms with van der Waals surface area (Å²) in [4.78, 5) is 44.1. The lowest BCUT2D eigenvalue weighted by Crippen LogP contribution is -2.40. The average Bonchev–Trinajstić information content (AvgIpc) is 3.43. The van der Waals surface area contributed by atoms with Gasteiger partial charge in [-0.2, -0.15) is 5.10 Å². The number of anilines is 1. The van der Waals surface area contributed by atoms with Crippen molar-refractivity contribution in [3.63, 3.8) is 0 Å². The van der Waals surface area contributed by atoms with Crippen molar-refractivity contribution in [1.82, 2.24) is 39.9 Å². The predicted octanol–water partition coefficient (Wildman–Crippen LogP) is 4.02. The molecule has 2 aliphatic heterocycles. The van der Waals surface area contributed by atoms with Crippen LogP contribution in [0.5, 0.6) is 11.5 Å².